The van der Waals surface area contributed by atoms with Crippen molar-refractivity contribution in [2.75, 3.05) is 13.1 Å². The molecule has 0 aromatic heterocycles. The average molecular weight is 525 g/mol. The highest BCUT2D eigenvalue weighted by atomic mass is 16.6. The molecule has 10 nitrogen and oxygen atoms in total. The van der Waals surface area contributed by atoms with Gasteiger partial charge in [-0.05, 0) is 24.0 Å². The summed E-state index contributed by atoms with van der Waals surface area (Å²) in [5.41, 5.74) is 1.65. The molecule has 2 aromatic carbocycles. The molecule has 0 bridgehead atoms. The van der Waals surface area contributed by atoms with Gasteiger partial charge in [0.15, 0.2) is 0 Å². The number of benzene rings is 2. The minimum atomic E-state index is -0.733. The van der Waals surface area contributed by atoms with Crippen molar-refractivity contribution in [3.05, 3.63) is 96.5 Å². The van der Waals surface area contributed by atoms with Crippen LogP contribution in [0.3, 0.4) is 0 Å². The molecule has 2 rings (SSSR count). The van der Waals surface area contributed by atoms with Crippen LogP contribution >= 0.6 is 0 Å². The standard InChI is InChI=1S/C28H32N2O8/c1-21(37-25(31)17-29-27(33)35-19-23-13-5-3-6-14-23)11-9-10-12-22(2)38-26(32)18-30-28(34)36-20-24-15-7-4-8-16-24/h3-8,13-16H,1-2,9-12,17-20H2,(H,29,33)(H,30,34). The summed E-state index contributed by atoms with van der Waals surface area (Å²) in [6, 6.07) is 18.3. The van der Waals surface area contributed by atoms with Crippen molar-refractivity contribution in [3.8, 4) is 0 Å². The summed E-state index contributed by atoms with van der Waals surface area (Å²) >= 11 is 0. The van der Waals surface area contributed by atoms with E-state index in [4.69, 9.17) is 18.9 Å². The van der Waals surface area contributed by atoms with Crippen LogP contribution in [0.25, 0.3) is 0 Å². The fourth-order valence-electron chi connectivity index (χ4n) is 2.98. The van der Waals surface area contributed by atoms with E-state index in [0.717, 1.165) is 11.1 Å². The van der Waals surface area contributed by atoms with Crippen LogP contribution in [0, 0.1) is 0 Å². The molecule has 2 N–H and O–H groups in total. The molecule has 2 amide bonds. The number of alkyl carbamates (subject to hydrolysis) is 2. The Bertz CT molecular complexity index is 999. The Hall–Kier alpha value is -4.60. The number of ether oxygens (including phenoxy) is 4. The second kappa shape index (κ2) is 17.0. The lowest BCUT2D eigenvalue weighted by atomic mass is 10.1. The van der Waals surface area contributed by atoms with Gasteiger partial charge in [0.1, 0.15) is 37.8 Å². The topological polar surface area (TPSA) is 129 Å². The number of rotatable bonds is 15. The molecular formula is C28H32N2O8. The summed E-state index contributed by atoms with van der Waals surface area (Å²) in [6.45, 7) is 6.85. The fourth-order valence-corrected chi connectivity index (χ4v) is 2.98. The van der Waals surface area contributed by atoms with Gasteiger partial charge in [-0.15, -0.1) is 0 Å². The summed E-state index contributed by atoms with van der Waals surface area (Å²) < 4.78 is 20.2. The lowest BCUT2D eigenvalue weighted by molar-refractivity contribution is -0.139. The van der Waals surface area contributed by atoms with E-state index < -0.39 is 24.1 Å². The Morgan fingerprint density at radius 3 is 1.34 bits per heavy atom. The number of esters is 2. The summed E-state index contributed by atoms with van der Waals surface area (Å²) in [7, 11) is 0. The zero-order valence-electron chi connectivity index (χ0n) is 21.1. The van der Waals surface area contributed by atoms with Gasteiger partial charge in [-0.1, -0.05) is 73.8 Å². The predicted molar refractivity (Wildman–Crippen MR) is 138 cm³/mol. The molecule has 0 aliphatic carbocycles. The van der Waals surface area contributed by atoms with Crippen LogP contribution in [-0.4, -0.2) is 37.2 Å². The van der Waals surface area contributed by atoms with Gasteiger partial charge in [-0.2, -0.15) is 0 Å². The molecule has 2 aromatic rings. The summed E-state index contributed by atoms with van der Waals surface area (Å²) in [5, 5.41) is 4.64. The molecule has 0 saturated heterocycles. The Kier molecular flexibility index (Phi) is 13.2. The van der Waals surface area contributed by atoms with Gasteiger partial charge in [0, 0.05) is 12.8 Å². The van der Waals surface area contributed by atoms with E-state index in [-0.39, 0.29) is 37.8 Å². The summed E-state index contributed by atoms with van der Waals surface area (Å²) in [6.07, 6.45) is 0.506. The highest BCUT2D eigenvalue weighted by molar-refractivity contribution is 5.79. The van der Waals surface area contributed by atoms with Crippen molar-refractivity contribution in [2.24, 2.45) is 0 Å². The molecule has 10 heteroatoms. The maximum atomic E-state index is 11.9. The lowest BCUT2D eigenvalue weighted by Gasteiger charge is -2.10. The van der Waals surface area contributed by atoms with Gasteiger partial charge in [0.05, 0.1) is 0 Å². The molecule has 0 aliphatic heterocycles. The molecule has 0 aliphatic rings. The van der Waals surface area contributed by atoms with Crippen molar-refractivity contribution in [1.29, 1.82) is 0 Å². The Morgan fingerprint density at radius 2 is 0.974 bits per heavy atom. The molecule has 38 heavy (non-hydrogen) atoms. The molecule has 202 valence electrons. The Labute approximate surface area is 221 Å². The molecular weight excluding hydrogens is 492 g/mol. The first kappa shape index (κ1) is 29.6. The van der Waals surface area contributed by atoms with E-state index in [1.165, 1.54) is 0 Å². The average Bonchev–Trinajstić information content (AvgIpc) is 2.92. The third kappa shape index (κ3) is 13.5. The minimum absolute atomic E-state index is 0.0901. The zero-order valence-corrected chi connectivity index (χ0v) is 21.1. The van der Waals surface area contributed by atoms with Gasteiger partial charge >= 0.3 is 24.1 Å². The van der Waals surface area contributed by atoms with Gasteiger partial charge < -0.3 is 29.6 Å². The van der Waals surface area contributed by atoms with Gasteiger partial charge in [0.2, 0.25) is 0 Å². The van der Waals surface area contributed by atoms with Crippen molar-refractivity contribution in [1.82, 2.24) is 10.6 Å². The van der Waals surface area contributed by atoms with Crippen LogP contribution in [0.1, 0.15) is 36.8 Å². The molecule has 0 saturated carbocycles. The molecule has 0 unspecified atom stereocenters. The number of amides is 2. The third-order valence-electron chi connectivity index (χ3n) is 4.86. The van der Waals surface area contributed by atoms with E-state index in [9.17, 15) is 19.2 Å². The monoisotopic (exact) mass is 524 g/mol. The second-order valence-electron chi connectivity index (χ2n) is 8.06. The zero-order chi connectivity index (χ0) is 27.6. The number of carbonyl (C=O) groups excluding carboxylic acids is 4. The summed E-state index contributed by atoms with van der Waals surface area (Å²) in [5.74, 6) is -0.842. The van der Waals surface area contributed by atoms with Gasteiger partial charge in [-0.25, -0.2) is 19.2 Å². The van der Waals surface area contributed by atoms with Crippen LogP contribution in [0.15, 0.2) is 85.3 Å². The highest BCUT2D eigenvalue weighted by Crippen LogP contribution is 2.13. The Balaban J connectivity index is 1.48. The summed E-state index contributed by atoms with van der Waals surface area (Å²) in [4.78, 5) is 47.1. The van der Waals surface area contributed by atoms with Gasteiger partial charge in [-0.3, -0.25) is 0 Å². The van der Waals surface area contributed by atoms with Crippen molar-refractivity contribution >= 4 is 24.1 Å². The van der Waals surface area contributed by atoms with E-state index in [1.807, 2.05) is 60.7 Å². The van der Waals surface area contributed by atoms with E-state index in [2.05, 4.69) is 23.8 Å². The van der Waals surface area contributed by atoms with Gasteiger partial charge in [0.25, 0.3) is 0 Å². The molecule has 0 spiro atoms. The predicted octanol–water partition coefficient (Wildman–Crippen LogP) is 4.51. The minimum Gasteiger partial charge on any atom is -0.445 e. The number of allylic oxidation sites excluding steroid dienone is 2. The smallest absolute Gasteiger partial charge is 0.407 e. The molecule has 0 fully saturated rings. The number of nitrogens with one attached hydrogen (secondary N) is 2. The number of hydrogen-bond acceptors (Lipinski definition) is 8. The normalized spacial score (nSPS) is 10.0. The quantitative estimate of drug-likeness (QED) is 0.151. The molecule has 0 heterocycles. The first-order valence-corrected chi connectivity index (χ1v) is 12.0. The largest absolute Gasteiger partial charge is 0.445 e. The Morgan fingerprint density at radius 1 is 0.605 bits per heavy atom. The van der Waals surface area contributed by atoms with Crippen LogP contribution < -0.4 is 10.6 Å². The molecule has 0 atom stereocenters. The fraction of sp³-hybridized carbons (Fsp3) is 0.286. The van der Waals surface area contributed by atoms with Crippen LogP contribution in [0.4, 0.5) is 9.59 Å². The first-order chi connectivity index (χ1) is 18.3. The maximum absolute atomic E-state index is 11.9. The van der Waals surface area contributed by atoms with Crippen molar-refractivity contribution < 1.29 is 38.1 Å². The second-order valence-corrected chi connectivity index (χ2v) is 8.06. The van der Waals surface area contributed by atoms with Crippen LogP contribution in [-0.2, 0) is 41.8 Å². The van der Waals surface area contributed by atoms with Crippen LogP contribution in [0.2, 0.25) is 0 Å². The van der Waals surface area contributed by atoms with E-state index in [1.54, 1.807) is 0 Å². The number of carbonyl (C=O) groups is 4. The van der Waals surface area contributed by atoms with Crippen molar-refractivity contribution in [2.45, 2.75) is 38.9 Å². The molecule has 0 radical (unpaired) electrons. The third-order valence-corrected chi connectivity index (χ3v) is 4.86. The number of unbranched alkanes of at least 4 members (excludes halogenated alkanes) is 1. The van der Waals surface area contributed by atoms with Crippen LogP contribution in [0.5, 0.6) is 0 Å². The lowest BCUT2D eigenvalue weighted by Crippen LogP contribution is -2.31. The van der Waals surface area contributed by atoms with E-state index >= 15 is 0 Å². The first-order valence-electron chi connectivity index (χ1n) is 12.0. The van der Waals surface area contributed by atoms with E-state index in [0.29, 0.717) is 25.7 Å². The SMILES string of the molecule is C=C(CCCCC(=C)OC(=O)CNC(=O)OCc1ccccc1)OC(=O)CNC(=O)OCc1ccccc1. The highest BCUT2D eigenvalue weighted by Gasteiger charge is 2.11. The number of hydrogen-bond donors (Lipinski definition) is 2. The van der Waals surface area contributed by atoms with Crippen molar-refractivity contribution in [3.63, 3.8) is 0 Å². The maximum Gasteiger partial charge on any atom is 0.407 e.